The fourth-order valence-electron chi connectivity index (χ4n) is 3.77. The van der Waals surface area contributed by atoms with Gasteiger partial charge in [-0.15, -0.1) is 0 Å². The lowest BCUT2D eigenvalue weighted by Gasteiger charge is -2.42. The lowest BCUT2D eigenvalue weighted by molar-refractivity contribution is 0.396. The fraction of sp³-hybridized carbons (Fsp3) is 0.350. The average molecular weight is 340 g/mol. The van der Waals surface area contributed by atoms with Crippen LogP contribution in [-0.4, -0.2) is 11.4 Å². The fourth-order valence-corrected chi connectivity index (χ4v) is 3.97. The number of amidine groups is 1. The van der Waals surface area contributed by atoms with Gasteiger partial charge in [0.05, 0.1) is 16.9 Å². The number of halogens is 1. The van der Waals surface area contributed by atoms with Crippen LogP contribution >= 0.6 is 11.6 Å². The van der Waals surface area contributed by atoms with Gasteiger partial charge in [0.15, 0.2) is 0 Å². The molecule has 0 atom stereocenters. The Hall–Kier alpha value is -2.00. The van der Waals surface area contributed by atoms with Gasteiger partial charge in [-0.1, -0.05) is 61.2 Å². The Labute approximate surface area is 148 Å². The van der Waals surface area contributed by atoms with E-state index in [2.05, 4.69) is 34.9 Å². The Morgan fingerprint density at radius 3 is 2.58 bits per heavy atom. The minimum Gasteiger partial charge on any atom is -0.371 e. The Morgan fingerprint density at radius 1 is 1.00 bits per heavy atom. The second kappa shape index (κ2) is 6.48. The number of aliphatic imine (C=N–C) groups is 1. The van der Waals surface area contributed by atoms with Gasteiger partial charge in [-0.05, 0) is 36.6 Å². The van der Waals surface area contributed by atoms with Crippen LogP contribution in [0.15, 0.2) is 53.5 Å². The summed E-state index contributed by atoms with van der Waals surface area (Å²) in [7, 11) is 0. The predicted molar refractivity (Wildman–Crippen MR) is 101 cm³/mol. The van der Waals surface area contributed by atoms with Crippen LogP contribution in [0.5, 0.6) is 0 Å². The molecular formula is C20H22ClN3. The number of nitrogens with one attached hydrogen (secondary N) is 2. The van der Waals surface area contributed by atoms with Crippen molar-refractivity contribution in [3.8, 4) is 0 Å². The van der Waals surface area contributed by atoms with E-state index >= 15 is 0 Å². The monoisotopic (exact) mass is 339 g/mol. The van der Waals surface area contributed by atoms with Crippen molar-refractivity contribution in [1.29, 1.82) is 0 Å². The first kappa shape index (κ1) is 15.5. The Morgan fingerprint density at radius 2 is 1.75 bits per heavy atom. The number of benzene rings is 2. The molecule has 1 aliphatic carbocycles. The molecule has 1 fully saturated rings. The Balaban J connectivity index is 1.64. The quantitative estimate of drug-likeness (QED) is 0.780. The molecule has 1 saturated carbocycles. The van der Waals surface area contributed by atoms with E-state index in [-0.39, 0.29) is 5.54 Å². The summed E-state index contributed by atoms with van der Waals surface area (Å²) >= 11 is 6.30. The first-order valence-corrected chi connectivity index (χ1v) is 9.08. The van der Waals surface area contributed by atoms with Crippen molar-refractivity contribution in [2.45, 2.75) is 44.2 Å². The van der Waals surface area contributed by atoms with E-state index < -0.39 is 0 Å². The third-order valence-corrected chi connectivity index (χ3v) is 5.44. The molecule has 2 N–H and O–H groups in total. The van der Waals surface area contributed by atoms with Crippen LogP contribution in [0.1, 0.15) is 37.7 Å². The van der Waals surface area contributed by atoms with Gasteiger partial charge in [0.25, 0.3) is 0 Å². The molecule has 1 spiro atoms. The van der Waals surface area contributed by atoms with Crippen molar-refractivity contribution in [2.24, 2.45) is 4.99 Å². The van der Waals surface area contributed by atoms with Gasteiger partial charge in [-0.3, -0.25) is 0 Å². The van der Waals surface area contributed by atoms with Crippen molar-refractivity contribution in [2.75, 3.05) is 5.32 Å². The van der Waals surface area contributed by atoms with Gasteiger partial charge in [0, 0.05) is 11.6 Å². The SMILES string of the molecule is Clc1ccccc1CNC1=Nc2ccccc2NC12CCCCC2. The molecule has 0 saturated heterocycles. The summed E-state index contributed by atoms with van der Waals surface area (Å²) in [4.78, 5) is 4.97. The molecule has 0 bridgehead atoms. The molecule has 0 radical (unpaired) electrons. The highest BCUT2D eigenvalue weighted by Crippen LogP contribution is 2.40. The third-order valence-electron chi connectivity index (χ3n) is 5.07. The minimum atomic E-state index is -0.0616. The van der Waals surface area contributed by atoms with Gasteiger partial charge >= 0.3 is 0 Å². The maximum absolute atomic E-state index is 6.30. The van der Waals surface area contributed by atoms with E-state index in [9.17, 15) is 0 Å². The van der Waals surface area contributed by atoms with E-state index in [4.69, 9.17) is 16.6 Å². The maximum atomic E-state index is 6.30. The molecule has 24 heavy (non-hydrogen) atoms. The molecule has 2 aromatic carbocycles. The standard InChI is InChI=1S/C20H22ClN3/c21-16-9-3-2-8-15(16)14-22-19-20(12-6-1-7-13-20)24-18-11-5-4-10-17(18)23-19/h2-5,8-11,24H,1,6-7,12-14H2,(H,22,23). The summed E-state index contributed by atoms with van der Waals surface area (Å²) in [6.45, 7) is 0.699. The van der Waals surface area contributed by atoms with E-state index in [1.165, 1.54) is 19.3 Å². The van der Waals surface area contributed by atoms with E-state index in [0.717, 1.165) is 40.6 Å². The molecule has 0 amide bonds. The van der Waals surface area contributed by atoms with Crippen LogP contribution in [0.2, 0.25) is 5.02 Å². The second-order valence-electron chi connectivity index (χ2n) is 6.69. The summed E-state index contributed by atoms with van der Waals surface area (Å²) in [5, 5.41) is 8.17. The second-order valence-corrected chi connectivity index (χ2v) is 7.10. The molecule has 124 valence electrons. The predicted octanol–water partition coefficient (Wildman–Crippen LogP) is 5.29. The number of rotatable bonds is 2. The highest BCUT2D eigenvalue weighted by Gasteiger charge is 2.40. The van der Waals surface area contributed by atoms with Crippen molar-refractivity contribution in [1.82, 2.24) is 5.32 Å². The summed E-state index contributed by atoms with van der Waals surface area (Å²) in [5.41, 5.74) is 3.19. The lowest BCUT2D eigenvalue weighted by atomic mass is 9.79. The van der Waals surface area contributed by atoms with Gasteiger partial charge in [-0.25, -0.2) is 4.99 Å². The van der Waals surface area contributed by atoms with Gasteiger partial charge < -0.3 is 10.6 Å². The largest absolute Gasteiger partial charge is 0.371 e. The molecule has 2 aliphatic rings. The maximum Gasteiger partial charge on any atom is 0.128 e. The van der Waals surface area contributed by atoms with Crippen molar-refractivity contribution >= 4 is 28.8 Å². The van der Waals surface area contributed by atoms with Gasteiger partial charge in [-0.2, -0.15) is 0 Å². The van der Waals surface area contributed by atoms with Gasteiger partial charge in [0.2, 0.25) is 0 Å². The van der Waals surface area contributed by atoms with Crippen LogP contribution in [0.3, 0.4) is 0 Å². The third kappa shape index (κ3) is 2.89. The number of hydrogen-bond donors (Lipinski definition) is 2. The molecule has 0 unspecified atom stereocenters. The molecule has 3 nitrogen and oxygen atoms in total. The average Bonchev–Trinajstić information content (AvgIpc) is 2.62. The Bertz CT molecular complexity index is 763. The number of anilines is 1. The van der Waals surface area contributed by atoms with E-state index in [0.29, 0.717) is 6.54 Å². The molecule has 4 heteroatoms. The molecule has 1 aliphatic heterocycles. The van der Waals surface area contributed by atoms with Crippen molar-refractivity contribution < 1.29 is 0 Å². The first-order valence-electron chi connectivity index (χ1n) is 8.71. The molecule has 1 heterocycles. The summed E-state index contributed by atoms with van der Waals surface area (Å²) in [6, 6.07) is 16.3. The first-order chi connectivity index (χ1) is 11.8. The molecule has 2 aromatic rings. The van der Waals surface area contributed by atoms with Crippen LogP contribution in [0.4, 0.5) is 11.4 Å². The summed E-state index contributed by atoms with van der Waals surface area (Å²) in [5.74, 6) is 1.06. The zero-order chi connectivity index (χ0) is 16.4. The topological polar surface area (TPSA) is 36.4 Å². The van der Waals surface area contributed by atoms with Crippen LogP contribution in [0, 0.1) is 0 Å². The van der Waals surface area contributed by atoms with Crippen LogP contribution in [-0.2, 0) is 6.54 Å². The number of hydrogen-bond acceptors (Lipinski definition) is 3. The van der Waals surface area contributed by atoms with Crippen LogP contribution < -0.4 is 10.6 Å². The van der Waals surface area contributed by atoms with Crippen molar-refractivity contribution in [3.63, 3.8) is 0 Å². The zero-order valence-corrected chi connectivity index (χ0v) is 14.4. The molecular weight excluding hydrogens is 318 g/mol. The number of fused-ring (bicyclic) bond motifs is 1. The highest BCUT2D eigenvalue weighted by molar-refractivity contribution is 6.31. The van der Waals surface area contributed by atoms with E-state index in [1.807, 2.05) is 24.3 Å². The van der Waals surface area contributed by atoms with Gasteiger partial charge in [0.1, 0.15) is 5.84 Å². The highest BCUT2D eigenvalue weighted by atomic mass is 35.5. The summed E-state index contributed by atoms with van der Waals surface area (Å²) in [6.07, 6.45) is 6.03. The Kier molecular flexibility index (Phi) is 4.19. The number of nitrogens with zero attached hydrogens (tertiary/aromatic N) is 1. The van der Waals surface area contributed by atoms with E-state index in [1.54, 1.807) is 0 Å². The van der Waals surface area contributed by atoms with Crippen molar-refractivity contribution in [3.05, 3.63) is 59.1 Å². The smallest absolute Gasteiger partial charge is 0.128 e. The lowest BCUT2D eigenvalue weighted by Crippen LogP contribution is -2.54. The molecule has 0 aromatic heterocycles. The minimum absolute atomic E-state index is 0.0616. The van der Waals surface area contributed by atoms with Crippen LogP contribution in [0.25, 0.3) is 0 Å². The summed E-state index contributed by atoms with van der Waals surface area (Å²) < 4.78 is 0. The zero-order valence-electron chi connectivity index (χ0n) is 13.7. The number of para-hydroxylation sites is 2. The normalized spacial score (nSPS) is 18.5. The molecule has 4 rings (SSSR count).